The van der Waals surface area contributed by atoms with E-state index < -0.39 is 0 Å². The maximum atomic E-state index is 13.0. The molecule has 1 amide bonds. The molecule has 0 aliphatic carbocycles. The Kier molecular flexibility index (Phi) is 6.36. The molecule has 156 valence electrons. The molecular formula is C27H25ClN2O. The number of benzene rings is 4. The first-order chi connectivity index (χ1) is 15.0. The van der Waals surface area contributed by atoms with Crippen molar-refractivity contribution in [1.82, 2.24) is 10.2 Å². The average molecular weight is 429 g/mol. The van der Waals surface area contributed by atoms with Crippen molar-refractivity contribution >= 4 is 28.3 Å². The van der Waals surface area contributed by atoms with Crippen LogP contribution >= 0.6 is 11.6 Å². The van der Waals surface area contributed by atoms with Crippen molar-refractivity contribution in [3.8, 4) is 11.1 Å². The van der Waals surface area contributed by atoms with Crippen molar-refractivity contribution in [2.75, 3.05) is 14.1 Å². The van der Waals surface area contributed by atoms with Crippen molar-refractivity contribution in [2.45, 2.75) is 13.1 Å². The van der Waals surface area contributed by atoms with Crippen LogP contribution in [0.3, 0.4) is 0 Å². The van der Waals surface area contributed by atoms with Gasteiger partial charge >= 0.3 is 0 Å². The number of hydrogen-bond acceptors (Lipinski definition) is 2. The first-order valence-corrected chi connectivity index (χ1v) is 10.7. The molecule has 4 rings (SSSR count). The zero-order valence-electron chi connectivity index (χ0n) is 17.7. The summed E-state index contributed by atoms with van der Waals surface area (Å²) in [6, 6.07) is 28.2. The van der Waals surface area contributed by atoms with E-state index in [1.807, 2.05) is 62.6 Å². The highest BCUT2D eigenvalue weighted by Gasteiger charge is 2.14. The van der Waals surface area contributed by atoms with Crippen molar-refractivity contribution in [2.24, 2.45) is 0 Å². The Hall–Kier alpha value is -3.14. The van der Waals surface area contributed by atoms with Gasteiger partial charge in [0.15, 0.2) is 0 Å². The molecule has 0 atom stereocenters. The van der Waals surface area contributed by atoms with Crippen molar-refractivity contribution < 1.29 is 4.79 Å². The second kappa shape index (κ2) is 9.34. The van der Waals surface area contributed by atoms with Gasteiger partial charge in [0.05, 0.1) is 0 Å². The van der Waals surface area contributed by atoms with Gasteiger partial charge in [0.1, 0.15) is 0 Å². The molecule has 0 bridgehead atoms. The summed E-state index contributed by atoms with van der Waals surface area (Å²) in [6.07, 6.45) is 0. The van der Waals surface area contributed by atoms with Crippen molar-refractivity contribution in [1.29, 1.82) is 0 Å². The predicted octanol–water partition coefficient (Wildman–Crippen LogP) is 6.15. The Morgan fingerprint density at radius 1 is 0.903 bits per heavy atom. The summed E-state index contributed by atoms with van der Waals surface area (Å²) in [6.45, 7) is 1.39. The monoisotopic (exact) mass is 428 g/mol. The van der Waals surface area contributed by atoms with E-state index in [4.69, 9.17) is 11.6 Å². The van der Waals surface area contributed by atoms with Gasteiger partial charge in [-0.15, -0.1) is 0 Å². The summed E-state index contributed by atoms with van der Waals surface area (Å²) >= 11 is 5.97. The fourth-order valence-corrected chi connectivity index (χ4v) is 3.97. The molecule has 0 aliphatic rings. The fraction of sp³-hybridized carbons (Fsp3) is 0.148. The zero-order chi connectivity index (χ0) is 21.8. The maximum Gasteiger partial charge on any atom is 0.253 e. The topological polar surface area (TPSA) is 32.3 Å². The molecule has 4 aromatic carbocycles. The second-order valence-electron chi connectivity index (χ2n) is 7.75. The fourth-order valence-electron chi connectivity index (χ4n) is 3.85. The molecule has 0 aromatic heterocycles. The molecule has 0 unspecified atom stereocenters. The number of fused-ring (bicyclic) bond motifs is 1. The van der Waals surface area contributed by atoms with E-state index in [9.17, 15) is 4.79 Å². The lowest BCUT2D eigenvalue weighted by atomic mass is 10.0. The number of carbonyl (C=O) groups is 1. The van der Waals surface area contributed by atoms with Crippen LogP contribution in [0.25, 0.3) is 21.9 Å². The third-order valence-electron chi connectivity index (χ3n) is 5.48. The van der Waals surface area contributed by atoms with Gasteiger partial charge < -0.3 is 10.2 Å². The minimum Gasteiger partial charge on any atom is -0.337 e. The summed E-state index contributed by atoms with van der Waals surface area (Å²) in [4.78, 5) is 14.8. The summed E-state index contributed by atoms with van der Waals surface area (Å²) in [5, 5.41) is 6.27. The molecule has 4 aromatic rings. The zero-order valence-corrected chi connectivity index (χ0v) is 18.5. The largest absolute Gasteiger partial charge is 0.337 e. The van der Waals surface area contributed by atoms with Crippen molar-refractivity contribution in [3.05, 3.63) is 107 Å². The Morgan fingerprint density at radius 3 is 2.26 bits per heavy atom. The van der Waals surface area contributed by atoms with Crippen LogP contribution in [0.4, 0.5) is 0 Å². The number of nitrogens with zero attached hydrogens (tertiary/aromatic N) is 1. The summed E-state index contributed by atoms with van der Waals surface area (Å²) < 4.78 is 0. The average Bonchev–Trinajstić information content (AvgIpc) is 2.79. The van der Waals surface area contributed by atoms with Gasteiger partial charge in [-0.05, 0) is 70.4 Å². The number of hydrogen-bond donors (Lipinski definition) is 1. The lowest BCUT2D eigenvalue weighted by Crippen LogP contribution is -2.26. The van der Waals surface area contributed by atoms with Crippen LogP contribution in [0.5, 0.6) is 0 Å². The Bertz CT molecular complexity index is 1200. The molecule has 0 radical (unpaired) electrons. The maximum absolute atomic E-state index is 13.0. The molecule has 0 fully saturated rings. The molecule has 0 spiro atoms. The SMILES string of the molecule is CNCc1ccc2c(CN(C)C(=O)c3ccc(-c4ccc(Cl)cc4)cc3)cccc2c1. The Morgan fingerprint density at radius 2 is 1.58 bits per heavy atom. The highest BCUT2D eigenvalue weighted by Crippen LogP contribution is 2.24. The van der Waals surface area contributed by atoms with Gasteiger partial charge in [-0.25, -0.2) is 0 Å². The molecule has 4 heteroatoms. The van der Waals surface area contributed by atoms with Crippen LogP contribution in [0.15, 0.2) is 84.9 Å². The minimum atomic E-state index is 0.00598. The van der Waals surface area contributed by atoms with Crippen LogP contribution in [-0.4, -0.2) is 24.9 Å². The smallest absolute Gasteiger partial charge is 0.253 e. The molecule has 1 N–H and O–H groups in total. The van der Waals surface area contributed by atoms with E-state index in [0.717, 1.165) is 23.2 Å². The molecule has 0 aliphatic heterocycles. The molecular weight excluding hydrogens is 404 g/mol. The Labute approximate surface area is 188 Å². The van der Waals surface area contributed by atoms with Gasteiger partial charge in [-0.2, -0.15) is 0 Å². The highest BCUT2D eigenvalue weighted by atomic mass is 35.5. The summed E-state index contributed by atoms with van der Waals surface area (Å²) in [5.74, 6) is 0.00598. The predicted molar refractivity (Wildman–Crippen MR) is 129 cm³/mol. The van der Waals surface area contributed by atoms with Crippen LogP contribution in [0, 0.1) is 0 Å². The number of halogens is 1. The molecule has 31 heavy (non-hydrogen) atoms. The van der Waals surface area contributed by atoms with Gasteiger partial charge in [0.2, 0.25) is 0 Å². The van der Waals surface area contributed by atoms with Gasteiger partial charge in [-0.1, -0.05) is 66.2 Å². The minimum absolute atomic E-state index is 0.00598. The first-order valence-electron chi connectivity index (χ1n) is 10.3. The normalized spacial score (nSPS) is 10.9. The number of rotatable bonds is 6. The lowest BCUT2D eigenvalue weighted by molar-refractivity contribution is 0.0785. The van der Waals surface area contributed by atoms with E-state index in [1.54, 1.807) is 4.90 Å². The quantitative estimate of drug-likeness (QED) is 0.399. The van der Waals surface area contributed by atoms with Crippen LogP contribution < -0.4 is 5.32 Å². The molecule has 0 saturated carbocycles. The van der Waals surface area contributed by atoms with Crippen LogP contribution in [-0.2, 0) is 13.1 Å². The van der Waals surface area contributed by atoms with Gasteiger partial charge in [-0.3, -0.25) is 4.79 Å². The molecule has 0 heterocycles. The third-order valence-corrected chi connectivity index (χ3v) is 5.73. The first kappa shape index (κ1) is 21.1. The van der Waals surface area contributed by atoms with Crippen LogP contribution in [0.1, 0.15) is 21.5 Å². The third kappa shape index (κ3) is 4.79. The lowest BCUT2D eigenvalue weighted by Gasteiger charge is -2.19. The number of carbonyl (C=O) groups excluding carboxylic acids is 1. The van der Waals surface area contributed by atoms with Gasteiger partial charge in [0.25, 0.3) is 5.91 Å². The summed E-state index contributed by atoms with van der Waals surface area (Å²) in [7, 11) is 3.80. The van der Waals surface area contributed by atoms with E-state index in [0.29, 0.717) is 17.1 Å². The Balaban J connectivity index is 1.51. The van der Waals surface area contributed by atoms with E-state index >= 15 is 0 Å². The van der Waals surface area contributed by atoms with Crippen molar-refractivity contribution in [3.63, 3.8) is 0 Å². The number of amides is 1. The standard InChI is InChI=1S/C27H25ClN2O/c1-29-17-19-6-15-26-23(16-19)4-3-5-24(26)18-30(2)27(31)22-9-7-20(8-10-22)21-11-13-25(28)14-12-21/h3-16,29H,17-18H2,1-2H3. The molecule has 0 saturated heterocycles. The highest BCUT2D eigenvalue weighted by molar-refractivity contribution is 6.30. The second-order valence-corrected chi connectivity index (χ2v) is 8.18. The van der Waals surface area contributed by atoms with Crippen LogP contribution in [0.2, 0.25) is 5.02 Å². The summed E-state index contributed by atoms with van der Waals surface area (Å²) in [5.41, 5.74) is 5.20. The van der Waals surface area contributed by atoms with Gasteiger partial charge in [0, 0.05) is 30.7 Å². The molecule has 3 nitrogen and oxygen atoms in total. The van der Waals surface area contributed by atoms with E-state index in [1.165, 1.54) is 16.3 Å². The van der Waals surface area contributed by atoms with E-state index in [2.05, 4.69) is 41.7 Å². The van der Waals surface area contributed by atoms with E-state index in [-0.39, 0.29) is 5.91 Å². The number of nitrogens with one attached hydrogen (secondary N) is 1.